The second-order valence-corrected chi connectivity index (χ2v) is 5.07. The van der Waals surface area contributed by atoms with Crippen LogP contribution >= 0.6 is 23.7 Å². The first-order chi connectivity index (χ1) is 8.42. The summed E-state index contributed by atoms with van der Waals surface area (Å²) in [6.07, 6.45) is 5.03. The highest BCUT2D eigenvalue weighted by Gasteiger charge is 2.16. The van der Waals surface area contributed by atoms with Gasteiger partial charge in [0.25, 0.3) is 0 Å². The number of nitrogens with one attached hydrogen (secondary N) is 1. The molecule has 1 fully saturated rings. The number of halogens is 1. The monoisotopic (exact) mass is 282 g/mol. The van der Waals surface area contributed by atoms with Crippen molar-refractivity contribution in [1.82, 2.24) is 10.3 Å². The molecule has 3 heterocycles. The van der Waals surface area contributed by atoms with Crippen molar-refractivity contribution in [3.8, 4) is 16.2 Å². The van der Waals surface area contributed by atoms with Crippen LogP contribution in [0.5, 0.6) is 5.75 Å². The molecule has 1 saturated heterocycles. The fraction of sp³-hybridized carbons (Fsp3) is 0.308. The lowest BCUT2D eigenvalue weighted by atomic mass is 10.2. The average molecular weight is 283 g/mol. The summed E-state index contributed by atoms with van der Waals surface area (Å²) in [4.78, 5) is 5.47. The summed E-state index contributed by atoms with van der Waals surface area (Å²) in [6, 6.07) is 6.22. The van der Waals surface area contributed by atoms with E-state index in [2.05, 4.69) is 33.9 Å². The Morgan fingerprint density at radius 3 is 3.06 bits per heavy atom. The number of nitrogens with zero attached hydrogens (tertiary/aromatic N) is 1. The van der Waals surface area contributed by atoms with Crippen LogP contribution in [-0.2, 0) is 0 Å². The van der Waals surface area contributed by atoms with Crippen LogP contribution in [0.25, 0.3) is 10.4 Å². The van der Waals surface area contributed by atoms with E-state index in [-0.39, 0.29) is 18.5 Å². The van der Waals surface area contributed by atoms with Crippen LogP contribution in [0.2, 0.25) is 0 Å². The normalized spacial score (nSPS) is 18.3. The SMILES string of the molecule is Cl.c1csc(-c2cncc(O[C@H]3CCNC3)c2)c1. The van der Waals surface area contributed by atoms with Crippen LogP contribution in [0.3, 0.4) is 0 Å². The highest BCUT2D eigenvalue weighted by molar-refractivity contribution is 7.13. The molecule has 1 N–H and O–H groups in total. The Morgan fingerprint density at radius 2 is 2.33 bits per heavy atom. The van der Waals surface area contributed by atoms with Gasteiger partial charge in [0.05, 0.1) is 6.20 Å². The molecular formula is C13H15ClN2OS. The van der Waals surface area contributed by atoms with E-state index in [1.54, 1.807) is 17.5 Å². The molecular weight excluding hydrogens is 268 g/mol. The van der Waals surface area contributed by atoms with Gasteiger partial charge in [-0.2, -0.15) is 0 Å². The minimum absolute atomic E-state index is 0. The number of hydrogen-bond donors (Lipinski definition) is 1. The molecule has 1 atom stereocenters. The van der Waals surface area contributed by atoms with Crippen LogP contribution in [0.1, 0.15) is 6.42 Å². The molecule has 2 aromatic heterocycles. The highest BCUT2D eigenvalue weighted by atomic mass is 35.5. The lowest BCUT2D eigenvalue weighted by Gasteiger charge is -2.12. The highest BCUT2D eigenvalue weighted by Crippen LogP contribution is 2.27. The molecule has 0 saturated carbocycles. The first kappa shape index (κ1) is 13.3. The van der Waals surface area contributed by atoms with Crippen molar-refractivity contribution in [2.45, 2.75) is 12.5 Å². The topological polar surface area (TPSA) is 34.1 Å². The Kier molecular flexibility index (Phi) is 4.58. The van der Waals surface area contributed by atoms with Gasteiger partial charge in [0.2, 0.25) is 0 Å². The smallest absolute Gasteiger partial charge is 0.138 e. The third-order valence-electron chi connectivity index (χ3n) is 2.84. The number of rotatable bonds is 3. The van der Waals surface area contributed by atoms with Crippen molar-refractivity contribution in [1.29, 1.82) is 0 Å². The molecule has 5 heteroatoms. The molecule has 0 bridgehead atoms. The molecule has 0 aliphatic carbocycles. The predicted molar refractivity (Wildman–Crippen MR) is 76.7 cm³/mol. The van der Waals surface area contributed by atoms with E-state index in [9.17, 15) is 0 Å². The zero-order chi connectivity index (χ0) is 11.5. The molecule has 0 spiro atoms. The number of pyridine rings is 1. The van der Waals surface area contributed by atoms with Gasteiger partial charge >= 0.3 is 0 Å². The number of ether oxygens (including phenoxy) is 1. The van der Waals surface area contributed by atoms with E-state index in [1.165, 1.54) is 4.88 Å². The van der Waals surface area contributed by atoms with Gasteiger partial charge < -0.3 is 10.1 Å². The van der Waals surface area contributed by atoms with Gasteiger partial charge in [-0.1, -0.05) is 6.07 Å². The quantitative estimate of drug-likeness (QED) is 0.940. The summed E-state index contributed by atoms with van der Waals surface area (Å²) in [5.74, 6) is 0.865. The molecule has 96 valence electrons. The third-order valence-corrected chi connectivity index (χ3v) is 3.76. The zero-order valence-electron chi connectivity index (χ0n) is 9.83. The summed E-state index contributed by atoms with van der Waals surface area (Å²) >= 11 is 1.72. The zero-order valence-corrected chi connectivity index (χ0v) is 11.5. The molecule has 18 heavy (non-hydrogen) atoms. The molecule has 0 radical (unpaired) electrons. The molecule has 1 aliphatic heterocycles. The van der Waals surface area contributed by atoms with Gasteiger partial charge in [0.1, 0.15) is 11.9 Å². The minimum atomic E-state index is 0. The maximum absolute atomic E-state index is 5.89. The summed E-state index contributed by atoms with van der Waals surface area (Å²) in [7, 11) is 0. The van der Waals surface area contributed by atoms with Crippen molar-refractivity contribution in [2.24, 2.45) is 0 Å². The minimum Gasteiger partial charge on any atom is -0.487 e. The van der Waals surface area contributed by atoms with Crippen molar-refractivity contribution < 1.29 is 4.74 Å². The molecule has 1 aliphatic rings. The van der Waals surface area contributed by atoms with Crippen LogP contribution in [-0.4, -0.2) is 24.2 Å². The van der Waals surface area contributed by atoms with Gasteiger partial charge in [-0.25, -0.2) is 0 Å². The average Bonchev–Trinajstić information content (AvgIpc) is 3.01. The second kappa shape index (κ2) is 6.18. The summed E-state index contributed by atoms with van der Waals surface area (Å²) in [6.45, 7) is 1.98. The second-order valence-electron chi connectivity index (χ2n) is 4.12. The van der Waals surface area contributed by atoms with Crippen LogP contribution in [0.4, 0.5) is 0 Å². The Bertz CT molecular complexity index is 483. The Morgan fingerprint density at radius 1 is 1.39 bits per heavy atom. The third kappa shape index (κ3) is 3.02. The summed E-state index contributed by atoms with van der Waals surface area (Å²) < 4.78 is 5.89. The van der Waals surface area contributed by atoms with E-state index in [0.29, 0.717) is 0 Å². The Labute approximate surface area is 117 Å². The fourth-order valence-electron chi connectivity index (χ4n) is 1.98. The van der Waals surface area contributed by atoms with E-state index in [0.717, 1.165) is 30.8 Å². The van der Waals surface area contributed by atoms with Gasteiger partial charge in [-0.15, -0.1) is 23.7 Å². The maximum Gasteiger partial charge on any atom is 0.138 e. The van der Waals surface area contributed by atoms with Crippen molar-refractivity contribution in [3.05, 3.63) is 36.0 Å². The predicted octanol–water partition coefficient (Wildman–Crippen LogP) is 2.97. The van der Waals surface area contributed by atoms with E-state index in [4.69, 9.17) is 4.74 Å². The van der Waals surface area contributed by atoms with E-state index >= 15 is 0 Å². The van der Waals surface area contributed by atoms with Gasteiger partial charge in [0.15, 0.2) is 0 Å². The first-order valence-corrected chi connectivity index (χ1v) is 6.66. The molecule has 3 nitrogen and oxygen atoms in total. The van der Waals surface area contributed by atoms with Crippen LogP contribution < -0.4 is 10.1 Å². The van der Waals surface area contributed by atoms with Gasteiger partial charge in [0, 0.05) is 23.2 Å². The van der Waals surface area contributed by atoms with Crippen molar-refractivity contribution in [2.75, 3.05) is 13.1 Å². The summed E-state index contributed by atoms with van der Waals surface area (Å²) in [5.41, 5.74) is 1.13. The summed E-state index contributed by atoms with van der Waals surface area (Å²) in [5, 5.41) is 5.36. The Hall–Kier alpha value is -1.10. The maximum atomic E-state index is 5.89. The van der Waals surface area contributed by atoms with Crippen molar-refractivity contribution in [3.63, 3.8) is 0 Å². The lowest BCUT2D eigenvalue weighted by molar-refractivity contribution is 0.222. The van der Waals surface area contributed by atoms with Gasteiger partial charge in [-0.3, -0.25) is 4.98 Å². The standard InChI is InChI=1S/C13H14N2OS.ClH/c1-2-13(17-5-1)10-6-12(9-15-7-10)16-11-3-4-14-8-11;/h1-2,5-7,9,11,14H,3-4,8H2;1H/t11-;/m0./s1. The molecule has 0 unspecified atom stereocenters. The molecule has 0 aromatic carbocycles. The molecule has 0 amide bonds. The van der Waals surface area contributed by atoms with Gasteiger partial charge in [-0.05, 0) is 30.5 Å². The molecule has 3 rings (SSSR count). The number of thiophene rings is 1. The fourth-order valence-corrected chi connectivity index (χ4v) is 2.69. The van der Waals surface area contributed by atoms with Crippen LogP contribution in [0.15, 0.2) is 36.0 Å². The number of hydrogen-bond acceptors (Lipinski definition) is 4. The van der Waals surface area contributed by atoms with Crippen molar-refractivity contribution >= 4 is 23.7 Å². The first-order valence-electron chi connectivity index (χ1n) is 5.78. The Balaban J connectivity index is 0.00000120. The number of aromatic nitrogens is 1. The van der Waals surface area contributed by atoms with E-state index < -0.39 is 0 Å². The lowest BCUT2D eigenvalue weighted by Crippen LogP contribution is -2.19. The van der Waals surface area contributed by atoms with Crippen LogP contribution in [0, 0.1) is 0 Å². The largest absolute Gasteiger partial charge is 0.487 e. The molecule has 2 aromatic rings. The van der Waals surface area contributed by atoms with E-state index in [1.807, 2.05) is 6.20 Å².